The van der Waals surface area contributed by atoms with E-state index in [0.717, 1.165) is 43.4 Å². The molecule has 2 heterocycles. The van der Waals surface area contributed by atoms with Crippen LogP contribution in [0.2, 0.25) is 0 Å². The highest BCUT2D eigenvalue weighted by atomic mass is 14.9. The molecule has 20 heavy (non-hydrogen) atoms. The average Bonchev–Trinajstić information content (AvgIpc) is 2.97. The van der Waals surface area contributed by atoms with Crippen LogP contribution >= 0.6 is 0 Å². The monoisotopic (exact) mass is 269 g/mol. The minimum absolute atomic E-state index is 0.776. The van der Waals surface area contributed by atoms with Crippen molar-refractivity contribution in [3.63, 3.8) is 0 Å². The number of aromatic nitrogens is 2. The lowest BCUT2D eigenvalue weighted by molar-refractivity contribution is 0.368. The smallest absolute Gasteiger partial charge is 0.106 e. The van der Waals surface area contributed by atoms with E-state index in [9.17, 15) is 0 Å². The third-order valence-corrected chi connectivity index (χ3v) is 4.24. The number of hydrogen-bond donors (Lipinski definition) is 2. The van der Waals surface area contributed by atoms with Crippen LogP contribution in [-0.2, 0) is 12.8 Å². The highest BCUT2D eigenvalue weighted by Crippen LogP contribution is 2.21. The number of aryl methyl sites for hydroxylation is 1. The molecule has 0 saturated carbocycles. The van der Waals surface area contributed by atoms with E-state index in [1.807, 2.05) is 6.20 Å². The van der Waals surface area contributed by atoms with Crippen molar-refractivity contribution in [2.24, 2.45) is 5.92 Å². The summed E-state index contributed by atoms with van der Waals surface area (Å²) in [5.74, 6) is 1.91. The number of aromatic amines is 1. The standard InChI is InChI=1S/C17H23N3/c1-2-13-3-5-15(6-4-13)16-12-19-17(20-16)11-14-7-9-18-10-8-14/h3-6,12,14,18H,2,7-11H2,1H3,(H,19,20). The molecule has 3 heteroatoms. The Bertz CT molecular complexity index is 536. The summed E-state index contributed by atoms with van der Waals surface area (Å²) >= 11 is 0. The topological polar surface area (TPSA) is 40.7 Å². The molecule has 2 aromatic rings. The van der Waals surface area contributed by atoms with Crippen LogP contribution in [0, 0.1) is 5.92 Å². The van der Waals surface area contributed by atoms with Crippen LogP contribution < -0.4 is 5.32 Å². The van der Waals surface area contributed by atoms with E-state index in [1.54, 1.807) is 0 Å². The van der Waals surface area contributed by atoms with Gasteiger partial charge in [0.2, 0.25) is 0 Å². The Balaban J connectivity index is 1.68. The van der Waals surface area contributed by atoms with Crippen molar-refractivity contribution in [3.05, 3.63) is 41.9 Å². The second-order valence-electron chi connectivity index (χ2n) is 5.69. The molecule has 1 aliphatic rings. The predicted octanol–water partition coefficient (Wildman–Crippen LogP) is 3.18. The molecule has 1 saturated heterocycles. The van der Waals surface area contributed by atoms with Crippen molar-refractivity contribution < 1.29 is 0 Å². The van der Waals surface area contributed by atoms with Crippen molar-refractivity contribution in [3.8, 4) is 11.3 Å². The fraction of sp³-hybridized carbons (Fsp3) is 0.471. The molecular weight excluding hydrogens is 246 g/mol. The van der Waals surface area contributed by atoms with Crippen LogP contribution in [0.1, 0.15) is 31.2 Å². The highest BCUT2D eigenvalue weighted by molar-refractivity contribution is 5.58. The average molecular weight is 269 g/mol. The molecule has 1 aromatic heterocycles. The van der Waals surface area contributed by atoms with Crippen LogP contribution in [0.25, 0.3) is 11.3 Å². The first-order valence-electron chi connectivity index (χ1n) is 7.69. The number of H-pyrrole nitrogens is 1. The molecule has 1 aliphatic heterocycles. The number of nitrogens with one attached hydrogen (secondary N) is 2. The summed E-state index contributed by atoms with van der Waals surface area (Å²) in [7, 11) is 0. The van der Waals surface area contributed by atoms with Gasteiger partial charge in [0.1, 0.15) is 5.82 Å². The summed E-state index contributed by atoms with van der Waals surface area (Å²) in [6.45, 7) is 4.48. The lowest BCUT2D eigenvalue weighted by atomic mass is 9.94. The van der Waals surface area contributed by atoms with Crippen LogP contribution in [0.5, 0.6) is 0 Å². The molecule has 3 nitrogen and oxygen atoms in total. The Morgan fingerprint density at radius 1 is 1.15 bits per heavy atom. The van der Waals surface area contributed by atoms with E-state index in [0.29, 0.717) is 0 Å². The van der Waals surface area contributed by atoms with Gasteiger partial charge in [-0.15, -0.1) is 0 Å². The third-order valence-electron chi connectivity index (χ3n) is 4.24. The molecule has 0 spiro atoms. The quantitative estimate of drug-likeness (QED) is 0.895. The zero-order valence-electron chi connectivity index (χ0n) is 12.2. The van der Waals surface area contributed by atoms with Gasteiger partial charge in [-0.25, -0.2) is 4.98 Å². The van der Waals surface area contributed by atoms with Gasteiger partial charge in [0.05, 0.1) is 11.9 Å². The largest absolute Gasteiger partial charge is 0.342 e. The highest BCUT2D eigenvalue weighted by Gasteiger charge is 2.15. The predicted molar refractivity (Wildman–Crippen MR) is 82.7 cm³/mol. The molecule has 3 rings (SSSR count). The molecule has 2 N–H and O–H groups in total. The maximum absolute atomic E-state index is 4.55. The van der Waals surface area contributed by atoms with Gasteiger partial charge in [-0.1, -0.05) is 31.2 Å². The van der Waals surface area contributed by atoms with Crippen LogP contribution in [0.3, 0.4) is 0 Å². The van der Waals surface area contributed by atoms with E-state index in [4.69, 9.17) is 0 Å². The molecular formula is C17H23N3. The minimum Gasteiger partial charge on any atom is -0.342 e. The zero-order chi connectivity index (χ0) is 13.8. The van der Waals surface area contributed by atoms with Gasteiger partial charge in [-0.2, -0.15) is 0 Å². The summed E-state index contributed by atoms with van der Waals surface area (Å²) in [6.07, 6.45) is 6.67. The summed E-state index contributed by atoms with van der Waals surface area (Å²) in [4.78, 5) is 8.04. The Hall–Kier alpha value is -1.61. The van der Waals surface area contributed by atoms with E-state index < -0.39 is 0 Å². The fourth-order valence-corrected chi connectivity index (χ4v) is 2.89. The van der Waals surface area contributed by atoms with E-state index in [2.05, 4.69) is 46.5 Å². The third kappa shape index (κ3) is 3.10. The number of nitrogens with zero attached hydrogens (tertiary/aromatic N) is 1. The first-order chi connectivity index (χ1) is 9.85. The van der Waals surface area contributed by atoms with Crippen molar-refractivity contribution in [2.75, 3.05) is 13.1 Å². The molecule has 0 radical (unpaired) electrons. The molecule has 1 aromatic carbocycles. The normalized spacial score (nSPS) is 16.4. The minimum atomic E-state index is 0.776. The van der Waals surface area contributed by atoms with E-state index in [-0.39, 0.29) is 0 Å². The Labute approximate surface area is 120 Å². The Morgan fingerprint density at radius 3 is 2.60 bits per heavy atom. The first-order valence-corrected chi connectivity index (χ1v) is 7.69. The van der Waals surface area contributed by atoms with E-state index in [1.165, 1.54) is 24.0 Å². The molecule has 0 atom stereocenters. The Kier molecular flexibility index (Phi) is 4.16. The van der Waals surface area contributed by atoms with Crippen molar-refractivity contribution in [1.82, 2.24) is 15.3 Å². The molecule has 0 aliphatic carbocycles. The van der Waals surface area contributed by atoms with Crippen LogP contribution in [0.15, 0.2) is 30.5 Å². The first kappa shape index (κ1) is 13.4. The molecule has 1 fully saturated rings. The lowest BCUT2D eigenvalue weighted by Gasteiger charge is -2.21. The van der Waals surface area contributed by atoms with Gasteiger partial charge in [-0.05, 0) is 49.4 Å². The second-order valence-corrected chi connectivity index (χ2v) is 5.69. The molecule has 0 unspecified atom stereocenters. The van der Waals surface area contributed by atoms with Gasteiger partial charge in [0, 0.05) is 6.42 Å². The second kappa shape index (κ2) is 6.23. The van der Waals surface area contributed by atoms with E-state index >= 15 is 0 Å². The van der Waals surface area contributed by atoms with Crippen LogP contribution in [0.4, 0.5) is 0 Å². The SMILES string of the molecule is CCc1ccc(-c2cnc(CC3CCNCC3)[nH]2)cc1. The molecule has 0 bridgehead atoms. The van der Waals surface area contributed by atoms with Crippen molar-refractivity contribution in [2.45, 2.75) is 32.6 Å². The van der Waals surface area contributed by atoms with Gasteiger partial charge in [0.15, 0.2) is 0 Å². The lowest BCUT2D eigenvalue weighted by Crippen LogP contribution is -2.28. The fourth-order valence-electron chi connectivity index (χ4n) is 2.89. The van der Waals surface area contributed by atoms with Crippen LogP contribution in [-0.4, -0.2) is 23.1 Å². The molecule has 0 amide bonds. The van der Waals surface area contributed by atoms with Crippen molar-refractivity contribution >= 4 is 0 Å². The molecule has 106 valence electrons. The summed E-state index contributed by atoms with van der Waals surface area (Å²) in [5, 5.41) is 3.41. The number of hydrogen-bond acceptors (Lipinski definition) is 2. The number of imidazole rings is 1. The van der Waals surface area contributed by atoms with Gasteiger partial charge in [0.25, 0.3) is 0 Å². The summed E-state index contributed by atoms with van der Waals surface area (Å²) in [6, 6.07) is 8.76. The number of piperidine rings is 1. The van der Waals surface area contributed by atoms with Gasteiger partial charge in [-0.3, -0.25) is 0 Å². The number of benzene rings is 1. The summed E-state index contributed by atoms with van der Waals surface area (Å²) in [5.41, 5.74) is 3.74. The van der Waals surface area contributed by atoms with Crippen molar-refractivity contribution in [1.29, 1.82) is 0 Å². The maximum atomic E-state index is 4.55. The maximum Gasteiger partial charge on any atom is 0.106 e. The van der Waals surface area contributed by atoms with Gasteiger partial charge >= 0.3 is 0 Å². The number of rotatable bonds is 4. The zero-order valence-corrected chi connectivity index (χ0v) is 12.2. The van der Waals surface area contributed by atoms with Gasteiger partial charge < -0.3 is 10.3 Å². The Morgan fingerprint density at radius 2 is 1.90 bits per heavy atom. The summed E-state index contributed by atoms with van der Waals surface area (Å²) < 4.78 is 0.